The van der Waals surface area contributed by atoms with Gasteiger partial charge in [0.25, 0.3) is 6.71 Å². The Balaban J connectivity index is 1.33. The lowest BCUT2D eigenvalue weighted by Gasteiger charge is -2.45. The van der Waals surface area contributed by atoms with Gasteiger partial charge in [-0.1, -0.05) is 192 Å². The van der Waals surface area contributed by atoms with Gasteiger partial charge < -0.3 is 9.80 Å². The van der Waals surface area contributed by atoms with Crippen LogP contribution in [0.4, 0.5) is 34.1 Å². The number of rotatable bonds is 5. The van der Waals surface area contributed by atoms with E-state index in [4.69, 9.17) is 9.97 Å². The van der Waals surface area contributed by atoms with E-state index >= 15 is 0 Å². The van der Waals surface area contributed by atoms with Crippen LogP contribution in [-0.4, -0.2) is 16.7 Å². The Bertz CT molecular complexity index is 2940. The van der Waals surface area contributed by atoms with Crippen molar-refractivity contribution in [3.05, 3.63) is 186 Å². The standard InChI is InChI=1S/C62H63BN4/c1-59(2,3)43-23-29-47(30-24-43)66-53-37-45(61(7,8)9)27-33-49(53)63-50-34-28-46(62(10,11)12)38-54(50)67(48-31-25-44(26-32-48)60(4,5)6)56-36-42(35-55(66)57(56)63)58-64-51(40-19-15-13-16-20-40)39-52(65-58)41-21-17-14-18-22-41/h13-39H,1-12H3. The van der Waals surface area contributed by atoms with Crippen molar-refractivity contribution in [3.8, 4) is 33.9 Å². The predicted octanol–water partition coefficient (Wildman–Crippen LogP) is 14.8. The first kappa shape index (κ1) is 44.1. The summed E-state index contributed by atoms with van der Waals surface area (Å²) in [6.45, 7) is 27.6. The van der Waals surface area contributed by atoms with Crippen LogP contribution < -0.4 is 26.2 Å². The summed E-state index contributed by atoms with van der Waals surface area (Å²) in [7, 11) is 0. The molecule has 10 rings (SSSR count). The van der Waals surface area contributed by atoms with Crippen molar-refractivity contribution in [2.24, 2.45) is 0 Å². The summed E-state index contributed by atoms with van der Waals surface area (Å²) in [6.07, 6.45) is 0. The quantitative estimate of drug-likeness (QED) is 0.161. The Morgan fingerprint density at radius 1 is 0.343 bits per heavy atom. The molecule has 0 atom stereocenters. The Hall–Kier alpha value is -6.72. The topological polar surface area (TPSA) is 32.3 Å². The molecule has 0 unspecified atom stereocenters. The number of nitrogens with zero attached hydrogens (tertiary/aromatic N) is 4. The molecule has 7 aromatic carbocycles. The Morgan fingerprint density at radius 3 is 1.06 bits per heavy atom. The molecule has 0 fully saturated rings. The van der Waals surface area contributed by atoms with E-state index in [1.807, 2.05) is 0 Å². The molecule has 4 nitrogen and oxygen atoms in total. The second kappa shape index (κ2) is 16.0. The van der Waals surface area contributed by atoms with Crippen LogP contribution in [0.15, 0.2) is 164 Å². The number of fused-ring (bicyclic) bond motifs is 4. The monoisotopic (exact) mass is 875 g/mol. The average molecular weight is 875 g/mol. The summed E-state index contributed by atoms with van der Waals surface area (Å²) in [5.74, 6) is 0.686. The van der Waals surface area contributed by atoms with Crippen molar-refractivity contribution in [2.75, 3.05) is 9.80 Å². The maximum atomic E-state index is 5.47. The molecule has 0 spiro atoms. The van der Waals surface area contributed by atoms with Gasteiger partial charge in [0.15, 0.2) is 5.82 Å². The molecular weight excluding hydrogens is 812 g/mol. The maximum absolute atomic E-state index is 5.47. The summed E-state index contributed by atoms with van der Waals surface area (Å²) in [6, 6.07) is 61.0. The van der Waals surface area contributed by atoms with Gasteiger partial charge in [0, 0.05) is 50.8 Å². The summed E-state index contributed by atoms with van der Waals surface area (Å²) in [4.78, 5) is 16.0. The lowest BCUT2D eigenvalue weighted by atomic mass is 9.33. The summed E-state index contributed by atoms with van der Waals surface area (Å²) in [5, 5.41) is 0. The minimum Gasteiger partial charge on any atom is -0.311 e. The smallest absolute Gasteiger partial charge is 0.252 e. The van der Waals surface area contributed by atoms with E-state index in [0.29, 0.717) is 5.82 Å². The fraction of sp³-hybridized carbons (Fsp3) is 0.258. The molecule has 0 aliphatic carbocycles. The van der Waals surface area contributed by atoms with E-state index in [-0.39, 0.29) is 28.4 Å². The first-order valence-electron chi connectivity index (χ1n) is 24.0. The predicted molar refractivity (Wildman–Crippen MR) is 287 cm³/mol. The molecule has 0 N–H and O–H groups in total. The van der Waals surface area contributed by atoms with E-state index in [0.717, 1.165) is 50.8 Å². The minimum atomic E-state index is -0.0638. The Kier molecular flexibility index (Phi) is 10.5. The zero-order valence-corrected chi connectivity index (χ0v) is 41.5. The highest BCUT2D eigenvalue weighted by Gasteiger charge is 2.44. The summed E-state index contributed by atoms with van der Waals surface area (Å²) >= 11 is 0. The Morgan fingerprint density at radius 2 is 0.701 bits per heavy atom. The second-order valence-electron chi connectivity index (χ2n) is 22.9. The zero-order chi connectivity index (χ0) is 47.2. The molecule has 0 saturated heterocycles. The highest BCUT2D eigenvalue weighted by molar-refractivity contribution is 7.00. The molecule has 0 amide bonds. The summed E-state index contributed by atoms with van der Waals surface area (Å²) in [5.41, 5.74) is 20.7. The number of aromatic nitrogens is 2. The number of anilines is 6. The van der Waals surface area contributed by atoms with Crippen molar-refractivity contribution < 1.29 is 0 Å². The molecule has 5 heteroatoms. The third kappa shape index (κ3) is 8.07. The van der Waals surface area contributed by atoms with E-state index in [2.05, 4.69) is 257 Å². The van der Waals surface area contributed by atoms with Crippen molar-refractivity contribution in [3.63, 3.8) is 0 Å². The molecule has 0 bridgehead atoms. The van der Waals surface area contributed by atoms with Crippen LogP contribution in [-0.2, 0) is 21.7 Å². The van der Waals surface area contributed by atoms with Crippen LogP contribution in [0, 0.1) is 0 Å². The van der Waals surface area contributed by atoms with Gasteiger partial charge in [-0.15, -0.1) is 0 Å². The molecule has 3 heterocycles. The lowest BCUT2D eigenvalue weighted by Crippen LogP contribution is -2.61. The third-order valence-electron chi connectivity index (χ3n) is 13.9. The zero-order valence-electron chi connectivity index (χ0n) is 41.5. The molecule has 8 aromatic rings. The second-order valence-corrected chi connectivity index (χ2v) is 22.9. The van der Waals surface area contributed by atoms with E-state index in [1.54, 1.807) is 0 Å². The van der Waals surface area contributed by atoms with Gasteiger partial charge in [-0.3, -0.25) is 0 Å². The fourth-order valence-electron chi connectivity index (χ4n) is 9.92. The summed E-state index contributed by atoms with van der Waals surface area (Å²) < 4.78 is 0. The average Bonchev–Trinajstić information content (AvgIpc) is 3.30. The minimum absolute atomic E-state index is 0.0120. The molecule has 67 heavy (non-hydrogen) atoms. The van der Waals surface area contributed by atoms with E-state index < -0.39 is 0 Å². The van der Waals surface area contributed by atoms with Gasteiger partial charge >= 0.3 is 0 Å². The molecule has 0 saturated carbocycles. The number of benzene rings is 7. The largest absolute Gasteiger partial charge is 0.311 e. The first-order valence-corrected chi connectivity index (χ1v) is 24.0. The molecular formula is C62H63BN4. The van der Waals surface area contributed by atoms with Crippen LogP contribution >= 0.6 is 0 Å². The van der Waals surface area contributed by atoms with Crippen LogP contribution in [0.25, 0.3) is 33.9 Å². The third-order valence-corrected chi connectivity index (χ3v) is 13.9. The number of hydrogen-bond donors (Lipinski definition) is 0. The molecule has 0 radical (unpaired) electrons. The van der Waals surface area contributed by atoms with Crippen LogP contribution in [0.5, 0.6) is 0 Å². The molecule has 2 aliphatic heterocycles. The highest BCUT2D eigenvalue weighted by Crippen LogP contribution is 2.48. The van der Waals surface area contributed by atoms with E-state index in [1.165, 1.54) is 50.0 Å². The van der Waals surface area contributed by atoms with Gasteiger partial charge in [-0.2, -0.15) is 0 Å². The van der Waals surface area contributed by atoms with Crippen molar-refractivity contribution >= 4 is 57.2 Å². The maximum Gasteiger partial charge on any atom is 0.252 e. The molecule has 2 aliphatic rings. The van der Waals surface area contributed by atoms with Crippen molar-refractivity contribution in [2.45, 2.75) is 105 Å². The van der Waals surface area contributed by atoms with Crippen molar-refractivity contribution in [1.82, 2.24) is 9.97 Å². The Labute approximate surface area is 399 Å². The first-order chi connectivity index (χ1) is 31.7. The van der Waals surface area contributed by atoms with E-state index in [9.17, 15) is 0 Å². The van der Waals surface area contributed by atoms with Gasteiger partial charge in [-0.25, -0.2) is 9.97 Å². The van der Waals surface area contributed by atoms with Crippen LogP contribution in [0.2, 0.25) is 0 Å². The lowest BCUT2D eigenvalue weighted by molar-refractivity contribution is 0.590. The number of hydrogen-bond acceptors (Lipinski definition) is 4. The van der Waals surface area contributed by atoms with Gasteiger partial charge in [-0.05, 0) is 115 Å². The highest BCUT2D eigenvalue weighted by atomic mass is 15.2. The van der Waals surface area contributed by atoms with Gasteiger partial charge in [0.1, 0.15) is 0 Å². The van der Waals surface area contributed by atoms with Crippen LogP contribution in [0.3, 0.4) is 0 Å². The fourth-order valence-corrected chi connectivity index (χ4v) is 9.92. The molecule has 334 valence electrons. The van der Waals surface area contributed by atoms with Crippen LogP contribution in [0.1, 0.15) is 105 Å². The van der Waals surface area contributed by atoms with Crippen molar-refractivity contribution in [1.29, 1.82) is 0 Å². The normalized spacial score (nSPS) is 13.6. The SMILES string of the molecule is CC(C)(C)c1ccc(N2c3cc(C(C)(C)C)ccc3B3c4ccc(C(C)(C)C)cc4N(c4ccc(C(C)(C)C)cc4)c4cc(-c5nc(-c6ccccc6)cc(-c6ccccc6)n5)cc2c43)cc1. The van der Waals surface area contributed by atoms with Gasteiger partial charge in [0.05, 0.1) is 11.4 Å². The van der Waals surface area contributed by atoms with Gasteiger partial charge in [0.2, 0.25) is 0 Å². The molecule has 1 aromatic heterocycles.